The molecule has 1 heterocycles. The van der Waals surface area contributed by atoms with Gasteiger partial charge >= 0.3 is 0 Å². The highest BCUT2D eigenvalue weighted by atomic mass is 32.2. The molecule has 0 saturated carbocycles. The lowest BCUT2D eigenvalue weighted by atomic mass is 9.91. The molecule has 20 heavy (non-hydrogen) atoms. The van der Waals surface area contributed by atoms with Gasteiger partial charge in [-0.05, 0) is 38.4 Å². The average molecular weight is 304 g/mol. The summed E-state index contributed by atoms with van der Waals surface area (Å²) < 4.78 is 0. The normalized spacial score (nSPS) is 17.9. The van der Waals surface area contributed by atoms with Crippen molar-refractivity contribution in [2.75, 3.05) is 13.6 Å². The van der Waals surface area contributed by atoms with Crippen LogP contribution in [0.5, 0.6) is 0 Å². The molecule has 106 valence electrons. The van der Waals surface area contributed by atoms with Crippen LogP contribution in [0, 0.1) is 0 Å². The van der Waals surface area contributed by atoms with E-state index in [0.717, 1.165) is 12.3 Å². The van der Waals surface area contributed by atoms with E-state index >= 15 is 0 Å². The minimum absolute atomic E-state index is 0.621. The molecule has 0 amide bonds. The molecule has 0 saturated heterocycles. The molecule has 1 aliphatic rings. The van der Waals surface area contributed by atoms with Gasteiger partial charge in [0, 0.05) is 22.2 Å². The number of hydrogen-bond donors (Lipinski definition) is 1. The summed E-state index contributed by atoms with van der Waals surface area (Å²) in [4.78, 5) is 7.78. The first-order chi connectivity index (χ1) is 9.86. The summed E-state index contributed by atoms with van der Waals surface area (Å²) in [6.45, 7) is 1.06. The molecule has 2 nitrogen and oxygen atoms in total. The monoisotopic (exact) mass is 304 g/mol. The zero-order chi connectivity index (χ0) is 13.8. The summed E-state index contributed by atoms with van der Waals surface area (Å²) in [5.41, 5.74) is 1.37. The number of nitrogens with zero attached hydrogens (tertiary/aromatic N) is 1. The van der Waals surface area contributed by atoms with Crippen molar-refractivity contribution in [3.8, 4) is 0 Å². The highest BCUT2D eigenvalue weighted by Gasteiger charge is 2.24. The second-order valence-corrected chi connectivity index (χ2v) is 7.38. The van der Waals surface area contributed by atoms with Gasteiger partial charge in [0.1, 0.15) is 5.01 Å². The van der Waals surface area contributed by atoms with Crippen LogP contribution in [0.15, 0.2) is 35.2 Å². The van der Waals surface area contributed by atoms with Gasteiger partial charge in [-0.25, -0.2) is 4.98 Å². The number of aryl methyl sites for hydroxylation is 1. The molecule has 0 spiro atoms. The molecule has 0 aliphatic heterocycles. The average Bonchev–Trinajstić information content (AvgIpc) is 2.91. The fraction of sp³-hybridized carbons (Fsp3) is 0.438. The summed E-state index contributed by atoms with van der Waals surface area (Å²) in [7, 11) is 2.03. The summed E-state index contributed by atoms with van der Waals surface area (Å²) in [5, 5.41) is 4.59. The molecular weight excluding hydrogens is 284 g/mol. The van der Waals surface area contributed by atoms with Crippen molar-refractivity contribution in [2.24, 2.45) is 0 Å². The first-order valence-electron chi connectivity index (χ1n) is 7.17. The zero-order valence-electron chi connectivity index (χ0n) is 11.8. The Morgan fingerprint density at radius 2 is 2.20 bits per heavy atom. The Bertz CT molecular complexity index is 551. The van der Waals surface area contributed by atoms with Gasteiger partial charge < -0.3 is 5.32 Å². The van der Waals surface area contributed by atoms with Crippen LogP contribution in [0.1, 0.15) is 34.3 Å². The molecular formula is C16H20N2S2. The Hall–Kier alpha value is -0.840. The smallest absolute Gasteiger partial charge is 0.103 e. The molecule has 3 rings (SSSR count). The third kappa shape index (κ3) is 3.25. The Morgan fingerprint density at radius 3 is 3.00 bits per heavy atom. The molecule has 0 fully saturated rings. The summed E-state index contributed by atoms with van der Waals surface area (Å²) in [6, 6.07) is 10.6. The van der Waals surface area contributed by atoms with Crippen LogP contribution >= 0.6 is 23.1 Å². The minimum Gasteiger partial charge on any atom is -0.319 e. The Kier molecular flexibility index (Phi) is 4.76. The van der Waals surface area contributed by atoms with E-state index in [-0.39, 0.29) is 0 Å². The maximum atomic E-state index is 4.92. The van der Waals surface area contributed by atoms with E-state index in [4.69, 9.17) is 4.98 Å². The highest BCUT2D eigenvalue weighted by molar-refractivity contribution is 7.98. The van der Waals surface area contributed by atoms with Crippen LogP contribution < -0.4 is 5.32 Å². The van der Waals surface area contributed by atoms with Crippen LogP contribution in [0.4, 0.5) is 0 Å². The van der Waals surface area contributed by atoms with Crippen molar-refractivity contribution in [1.29, 1.82) is 0 Å². The lowest BCUT2D eigenvalue weighted by Crippen LogP contribution is -2.21. The van der Waals surface area contributed by atoms with E-state index < -0.39 is 0 Å². The molecule has 0 bridgehead atoms. The van der Waals surface area contributed by atoms with E-state index in [2.05, 4.69) is 35.6 Å². The lowest BCUT2D eigenvalue weighted by molar-refractivity contribution is 0.522. The van der Waals surface area contributed by atoms with Gasteiger partial charge in [0.05, 0.1) is 11.4 Å². The van der Waals surface area contributed by atoms with Gasteiger partial charge in [0.25, 0.3) is 0 Å². The molecule has 1 unspecified atom stereocenters. The number of likely N-dealkylation sites (N-methyl/N-ethyl adjacent to an activating group) is 1. The summed E-state index contributed by atoms with van der Waals surface area (Å²) >= 11 is 3.81. The van der Waals surface area contributed by atoms with Crippen LogP contribution in [-0.4, -0.2) is 18.6 Å². The fourth-order valence-corrected chi connectivity index (χ4v) is 4.83. The van der Waals surface area contributed by atoms with E-state index in [9.17, 15) is 0 Å². The number of benzene rings is 1. The lowest BCUT2D eigenvalue weighted by Gasteiger charge is -2.20. The van der Waals surface area contributed by atoms with Gasteiger partial charge in [-0.2, -0.15) is 0 Å². The van der Waals surface area contributed by atoms with E-state index in [1.165, 1.54) is 39.7 Å². The van der Waals surface area contributed by atoms with Crippen LogP contribution in [-0.2, 0) is 12.2 Å². The van der Waals surface area contributed by atoms with Crippen molar-refractivity contribution in [3.05, 3.63) is 45.9 Å². The number of rotatable bonds is 5. The minimum atomic E-state index is 0.621. The molecule has 1 aromatic carbocycles. The molecule has 1 aromatic heterocycles. The first-order valence-corrected chi connectivity index (χ1v) is 8.98. The zero-order valence-corrected chi connectivity index (χ0v) is 13.4. The van der Waals surface area contributed by atoms with Crippen molar-refractivity contribution >= 4 is 23.1 Å². The second kappa shape index (κ2) is 6.74. The van der Waals surface area contributed by atoms with Crippen molar-refractivity contribution in [3.63, 3.8) is 0 Å². The van der Waals surface area contributed by atoms with E-state index in [0.29, 0.717) is 5.92 Å². The van der Waals surface area contributed by atoms with Gasteiger partial charge in [-0.15, -0.1) is 23.1 Å². The first kappa shape index (κ1) is 14.1. The number of thioether (sulfide) groups is 1. The van der Waals surface area contributed by atoms with Gasteiger partial charge in [0.2, 0.25) is 0 Å². The number of nitrogens with one attached hydrogen (secondary N) is 1. The quantitative estimate of drug-likeness (QED) is 0.843. The SMILES string of the molecule is CNCC1CCCc2sc(CSc3ccccc3)nc21. The third-order valence-electron chi connectivity index (χ3n) is 3.67. The predicted molar refractivity (Wildman–Crippen MR) is 87.7 cm³/mol. The largest absolute Gasteiger partial charge is 0.319 e. The number of hydrogen-bond acceptors (Lipinski definition) is 4. The standard InChI is InChI=1S/C16H20N2S2/c1-17-10-12-6-5-9-14-16(12)18-15(20-14)11-19-13-7-3-2-4-8-13/h2-4,7-8,12,17H,5-6,9-11H2,1H3. The van der Waals surface area contributed by atoms with Crippen molar-refractivity contribution < 1.29 is 0 Å². The fourth-order valence-electron chi connectivity index (χ4n) is 2.73. The maximum Gasteiger partial charge on any atom is 0.103 e. The Morgan fingerprint density at radius 1 is 1.35 bits per heavy atom. The molecule has 1 atom stereocenters. The van der Waals surface area contributed by atoms with Crippen molar-refractivity contribution in [1.82, 2.24) is 10.3 Å². The van der Waals surface area contributed by atoms with E-state index in [1.807, 2.05) is 30.1 Å². The highest BCUT2D eigenvalue weighted by Crippen LogP contribution is 2.36. The number of thiazole rings is 1. The molecule has 4 heteroatoms. The maximum absolute atomic E-state index is 4.92. The van der Waals surface area contributed by atoms with Crippen molar-refractivity contribution in [2.45, 2.75) is 35.8 Å². The second-order valence-electron chi connectivity index (χ2n) is 5.16. The van der Waals surface area contributed by atoms with Crippen LogP contribution in [0.3, 0.4) is 0 Å². The molecule has 1 aliphatic carbocycles. The topological polar surface area (TPSA) is 24.9 Å². The molecule has 1 N–H and O–H groups in total. The number of fused-ring (bicyclic) bond motifs is 1. The molecule has 0 radical (unpaired) electrons. The summed E-state index contributed by atoms with van der Waals surface area (Å²) in [6.07, 6.45) is 3.82. The Balaban J connectivity index is 1.69. The number of aromatic nitrogens is 1. The van der Waals surface area contributed by atoms with Crippen LogP contribution in [0.2, 0.25) is 0 Å². The van der Waals surface area contributed by atoms with E-state index in [1.54, 1.807) is 0 Å². The Labute approximate surface area is 129 Å². The summed E-state index contributed by atoms with van der Waals surface area (Å²) in [5.74, 6) is 1.61. The van der Waals surface area contributed by atoms with Gasteiger partial charge in [-0.3, -0.25) is 0 Å². The van der Waals surface area contributed by atoms with Crippen LogP contribution in [0.25, 0.3) is 0 Å². The predicted octanol–water partition coefficient (Wildman–Crippen LogP) is 4.07. The molecule has 2 aromatic rings. The van der Waals surface area contributed by atoms with Gasteiger partial charge in [-0.1, -0.05) is 18.2 Å². The van der Waals surface area contributed by atoms with Gasteiger partial charge in [0.15, 0.2) is 0 Å². The third-order valence-corrected chi connectivity index (χ3v) is 6.01.